The highest BCUT2D eigenvalue weighted by Gasteiger charge is 2.76. The van der Waals surface area contributed by atoms with Crippen molar-refractivity contribution in [2.75, 3.05) is 21.3 Å². The van der Waals surface area contributed by atoms with Gasteiger partial charge in [0.05, 0.1) is 43.9 Å². The number of carbonyl (C=O) groups is 8. The summed E-state index contributed by atoms with van der Waals surface area (Å²) >= 11 is 0. The third-order valence-electron chi connectivity index (χ3n) is 23.8. The maximum Gasteiger partial charge on any atom is 0.336 e. The topological polar surface area (TPSA) is 467 Å². The van der Waals surface area contributed by atoms with Gasteiger partial charge in [0.25, 0.3) is 0 Å². The number of amides is 4. The molecule has 0 spiro atoms. The van der Waals surface area contributed by atoms with Gasteiger partial charge in [0.1, 0.15) is 68.4 Å². The molecule has 8 aromatic carbocycles. The van der Waals surface area contributed by atoms with E-state index in [1.165, 1.54) is 194 Å². The first kappa shape index (κ1) is 75.5. The summed E-state index contributed by atoms with van der Waals surface area (Å²) in [5, 5.41) is 100. The molecule has 600 valence electrons. The molecule has 0 unspecified atom stereocenters. The summed E-state index contributed by atoms with van der Waals surface area (Å²) < 4.78 is 24.3. The van der Waals surface area contributed by atoms with E-state index >= 15 is 19.2 Å². The SMILES string of the molecule is O=C(O)c1cc(NC(=O)C23CC4(C(=O)Nc5ccc(-c6c7ccc(=O)cc-7oc7cc(O)ccc67)c(C(=O)O)c5)CC(C(=O)Nc5ccc(-c6c7ccc(=O)cc-7oc7cc(O)ccc67)c(C(=O)O)c5)(C2)CC(C(=O)Nc2ccc(-c5c6ccc(=O)cc-6oc6cc(O)ccc56)c(C(=O)O)c2)(C3)C4)ccc1-c1c2ccc(=O)cc-2oc2cc(O)ccc12. The molecule has 0 atom stereocenters. The maximum atomic E-state index is 16.6. The summed E-state index contributed by atoms with van der Waals surface area (Å²) in [7, 11) is 0. The number of carboxylic acids is 4. The molecule has 4 aliphatic heterocycles. The average molecular weight is 1630 g/mol. The van der Waals surface area contributed by atoms with Crippen LogP contribution in [-0.2, 0) is 19.2 Å². The van der Waals surface area contributed by atoms with Gasteiger partial charge in [-0.15, -0.1) is 0 Å². The van der Waals surface area contributed by atoms with Crippen LogP contribution in [0.4, 0.5) is 22.7 Å². The standard InChI is InChI=1S/C94H60N4O24/c99-47-5-17-59-71(29-47)119-72-30-48(100)6-18-60(72)79(59)55-13-1-43(25-67(55)83(107)108)95-87(115)91-37-92(88(116)96-44-2-14-56(68(26-44)84(109)110)80-61-19-7-49(101)31-73(61)120-74-32-50(102)8-20-62(74)80)40-93(38-91,89(117)97-45-3-15-57(69(27-45)85(111)112)81-63-21-9-51(103)33-75(63)121-76-34-52(104)10-22-64(76)81)42-94(39-91,41-92)90(118)98-46-4-16-58(70(28-46)86(113)114)82-65-23-11-53(105)35-77(65)122-78-36-54(106)12-24-66(78)82/h1-36,99,101,103,105H,37-42H2,(H,95,115)(H,96,116)(H,97,117)(H,98,118)(H,107,108)(H,109,110)(H,111,112)(H,113,114). The molecule has 12 N–H and O–H groups in total. The first-order chi connectivity index (χ1) is 58.4. The number of phenols is 4. The molecule has 8 aromatic rings. The first-order valence-corrected chi connectivity index (χ1v) is 38.0. The van der Waals surface area contributed by atoms with Crippen molar-refractivity contribution < 1.29 is 96.9 Å². The Hall–Kier alpha value is -16.5. The number of hydrogen-bond donors (Lipinski definition) is 12. The van der Waals surface area contributed by atoms with Crippen molar-refractivity contribution in [3.63, 3.8) is 0 Å². The van der Waals surface area contributed by atoms with Crippen LogP contribution in [0.3, 0.4) is 0 Å². The maximum absolute atomic E-state index is 16.6. The summed E-state index contributed by atoms with van der Waals surface area (Å²) in [5.41, 5.74) is -9.80. The van der Waals surface area contributed by atoms with Gasteiger partial charge in [-0.25, -0.2) is 19.2 Å². The van der Waals surface area contributed by atoms with Gasteiger partial charge < -0.3 is 79.8 Å². The van der Waals surface area contributed by atoms with Crippen LogP contribution in [0.5, 0.6) is 23.0 Å². The predicted octanol–water partition coefficient (Wildman–Crippen LogP) is 16.0. The monoisotopic (exact) mass is 1630 g/mol. The number of aromatic hydroxyl groups is 4. The van der Waals surface area contributed by atoms with Crippen LogP contribution in [0.1, 0.15) is 80.0 Å². The van der Waals surface area contributed by atoms with Crippen LogP contribution in [0, 0.1) is 21.7 Å². The number of rotatable bonds is 16. The third kappa shape index (κ3) is 12.4. The lowest BCUT2D eigenvalue weighted by Gasteiger charge is -2.67. The Kier molecular flexibility index (Phi) is 17.1. The van der Waals surface area contributed by atoms with Crippen molar-refractivity contribution in [1.29, 1.82) is 0 Å². The van der Waals surface area contributed by atoms with Gasteiger partial charge in [-0.05, 0) is 206 Å². The lowest BCUT2D eigenvalue weighted by Crippen LogP contribution is -2.70. The van der Waals surface area contributed by atoms with Crippen molar-refractivity contribution in [3.05, 3.63) is 282 Å². The molecule has 0 radical (unpaired) electrons. The predicted molar refractivity (Wildman–Crippen MR) is 445 cm³/mol. The van der Waals surface area contributed by atoms with Crippen LogP contribution in [0.15, 0.2) is 255 Å². The van der Waals surface area contributed by atoms with Crippen molar-refractivity contribution in [2.24, 2.45) is 21.7 Å². The molecule has 8 aliphatic carbocycles. The Bertz CT molecular complexity index is 6620. The fourth-order valence-electron chi connectivity index (χ4n) is 19.3. The molecule has 28 heteroatoms. The summed E-state index contributed by atoms with van der Waals surface area (Å²) in [5.74, 6) is -10.6. The normalized spacial score (nSPS) is 17.8. The zero-order chi connectivity index (χ0) is 85.1. The van der Waals surface area contributed by atoms with E-state index in [9.17, 15) is 79.2 Å². The molecule has 0 saturated heterocycles. The number of hydrogen-bond acceptors (Lipinski definition) is 20. The van der Waals surface area contributed by atoms with Gasteiger partial charge >= 0.3 is 23.9 Å². The van der Waals surface area contributed by atoms with Crippen LogP contribution in [-0.4, -0.2) is 88.4 Å². The molecular weight excluding hydrogens is 1570 g/mol. The number of aromatic carboxylic acids is 4. The minimum Gasteiger partial charge on any atom is -0.508 e. The second-order valence-electron chi connectivity index (χ2n) is 31.5. The molecule has 0 aromatic heterocycles. The van der Waals surface area contributed by atoms with E-state index in [1.54, 1.807) is 0 Å². The summed E-state index contributed by atoms with van der Waals surface area (Å²) in [6.45, 7) is 0. The number of phenolic OH excluding ortho intramolecular Hbond substituents is 4. The highest BCUT2D eigenvalue weighted by Crippen LogP contribution is 2.75. The van der Waals surface area contributed by atoms with Crippen LogP contribution < -0.4 is 43.0 Å². The Morgan fingerprint density at radius 1 is 0.246 bits per heavy atom. The van der Waals surface area contributed by atoms with Crippen molar-refractivity contribution in [1.82, 2.24) is 0 Å². The fraction of sp³-hybridized carbons (Fsp3) is 0.106. The number of fused-ring (bicyclic) bond motifs is 8. The number of anilines is 4. The van der Waals surface area contributed by atoms with Crippen LogP contribution in [0.2, 0.25) is 0 Å². The van der Waals surface area contributed by atoms with Gasteiger partial charge in [0.2, 0.25) is 23.6 Å². The summed E-state index contributed by atoms with van der Waals surface area (Å²) in [6.07, 6.45) is -2.92. The number of benzene rings is 12. The zero-order valence-electron chi connectivity index (χ0n) is 63.1. The van der Waals surface area contributed by atoms with Crippen molar-refractivity contribution in [3.8, 4) is 113 Å². The molecule has 28 nitrogen and oxygen atoms in total. The van der Waals surface area contributed by atoms with Crippen molar-refractivity contribution >= 4 is 114 Å². The van der Waals surface area contributed by atoms with E-state index < -0.39 is 152 Å². The molecule has 4 bridgehead atoms. The lowest BCUT2D eigenvalue weighted by molar-refractivity contribution is -0.201. The molecule has 4 amide bonds. The van der Waals surface area contributed by atoms with E-state index in [4.69, 9.17) is 17.7 Å². The third-order valence-corrected chi connectivity index (χ3v) is 23.8. The van der Waals surface area contributed by atoms with Crippen molar-refractivity contribution in [2.45, 2.75) is 38.5 Å². The van der Waals surface area contributed by atoms with E-state index in [0.717, 1.165) is 24.3 Å². The van der Waals surface area contributed by atoms with Gasteiger partial charge in [0, 0.05) is 137 Å². The van der Waals surface area contributed by atoms with E-state index in [-0.39, 0.29) is 158 Å². The molecule has 20 rings (SSSR count). The van der Waals surface area contributed by atoms with Gasteiger partial charge in [-0.3, -0.25) is 38.4 Å². The quantitative estimate of drug-likeness (QED) is 0.0400. The summed E-state index contributed by atoms with van der Waals surface area (Å²) in [6, 6.07) is 47.8. The minimum absolute atomic E-state index is 0.0339. The Labute approximate surface area is 683 Å². The smallest absolute Gasteiger partial charge is 0.336 e. The van der Waals surface area contributed by atoms with Gasteiger partial charge in [0.15, 0.2) is 21.7 Å². The molecule has 4 fully saturated rings. The lowest BCUT2D eigenvalue weighted by atomic mass is 9.34. The van der Waals surface area contributed by atoms with E-state index in [0.29, 0.717) is 21.5 Å². The minimum atomic E-state index is -2.09. The zero-order valence-corrected chi connectivity index (χ0v) is 63.1. The molecule has 4 saturated carbocycles. The number of carboxylic acid groups (broad SMARTS) is 4. The fourth-order valence-corrected chi connectivity index (χ4v) is 19.3. The van der Waals surface area contributed by atoms with Crippen LogP contribution in [0.25, 0.3) is 134 Å². The summed E-state index contributed by atoms with van der Waals surface area (Å²) in [4.78, 5) is 173. The van der Waals surface area contributed by atoms with E-state index in [2.05, 4.69) is 21.3 Å². The Morgan fingerprint density at radius 3 is 0.639 bits per heavy atom. The first-order valence-electron chi connectivity index (χ1n) is 38.0. The highest BCUT2D eigenvalue weighted by atomic mass is 16.4. The van der Waals surface area contributed by atoms with Gasteiger partial charge in [-0.2, -0.15) is 0 Å². The molecule has 4 heterocycles. The van der Waals surface area contributed by atoms with Crippen LogP contribution >= 0.6 is 0 Å². The molecule has 122 heavy (non-hydrogen) atoms. The van der Waals surface area contributed by atoms with E-state index in [1.807, 2.05) is 0 Å². The number of carbonyl (C=O) groups excluding carboxylic acids is 4. The largest absolute Gasteiger partial charge is 0.508 e. The molecular formula is C94H60N4O24. The Morgan fingerprint density at radius 2 is 0.443 bits per heavy atom. The van der Waals surface area contributed by atoms with Gasteiger partial charge in [-0.1, -0.05) is 24.3 Å². The molecule has 12 aliphatic rings. The Balaban J connectivity index is 0.774. The second kappa shape index (κ2) is 27.6. The second-order valence-corrected chi connectivity index (χ2v) is 31.5. The highest BCUT2D eigenvalue weighted by molar-refractivity contribution is 6.15. The average Bonchev–Trinajstić information content (AvgIpc) is 0.666. The number of nitrogens with one attached hydrogen (secondary N) is 4.